The lowest BCUT2D eigenvalue weighted by Crippen LogP contribution is -2.29. The monoisotopic (exact) mass is 300 g/mol. The summed E-state index contributed by atoms with van der Waals surface area (Å²) in [6.07, 6.45) is 0.864. The Morgan fingerprint density at radius 1 is 1.40 bits per heavy atom. The van der Waals surface area contributed by atoms with Crippen LogP contribution in [0.1, 0.15) is 30.6 Å². The molecule has 0 spiro atoms. The van der Waals surface area contributed by atoms with Gasteiger partial charge >= 0.3 is 5.97 Å². The van der Waals surface area contributed by atoms with Crippen molar-refractivity contribution in [1.29, 1.82) is 0 Å². The van der Waals surface area contributed by atoms with Crippen LogP contribution in [-0.4, -0.2) is 37.4 Å². The van der Waals surface area contributed by atoms with Gasteiger partial charge in [0, 0.05) is 18.8 Å². The van der Waals surface area contributed by atoms with Gasteiger partial charge < -0.3 is 20.5 Å². The predicted octanol–water partition coefficient (Wildman–Crippen LogP) is 2.31. The van der Waals surface area contributed by atoms with Crippen LogP contribution in [0.25, 0.3) is 0 Å². The second-order valence-corrected chi connectivity index (χ2v) is 4.74. The van der Waals surface area contributed by atoms with Crippen LogP contribution < -0.4 is 10.6 Å². The van der Waals surface area contributed by atoms with Crippen LogP contribution in [0.3, 0.4) is 0 Å². The molecule has 0 aliphatic rings. The van der Waals surface area contributed by atoms with E-state index in [-0.39, 0.29) is 13.2 Å². The molecule has 1 aromatic rings. The zero-order valence-electron chi connectivity index (χ0n) is 11.9. The fourth-order valence-corrected chi connectivity index (χ4v) is 2.38. The summed E-state index contributed by atoms with van der Waals surface area (Å²) in [6.45, 7) is 5.07. The molecule has 1 rings (SSSR count). The van der Waals surface area contributed by atoms with E-state index in [1.54, 1.807) is 19.1 Å². The molecule has 112 valence electrons. The molecular weight excluding hydrogens is 280 g/mol. The van der Waals surface area contributed by atoms with Gasteiger partial charge in [-0.3, -0.25) is 0 Å². The third kappa shape index (κ3) is 4.02. The standard InChI is InChI=1S/C14H21ClN2O3/c1-3-5-17(6-7-18)13-11(14(19)20-4-2)8-10(16)9-12(13)15/h8-9,18H,3-7,16H2,1-2H3. The molecule has 6 heteroatoms. The highest BCUT2D eigenvalue weighted by Crippen LogP contribution is 2.33. The molecule has 0 amide bonds. The van der Waals surface area contributed by atoms with Crippen LogP contribution in [0.15, 0.2) is 12.1 Å². The summed E-state index contributed by atoms with van der Waals surface area (Å²) in [5.41, 5.74) is 7.05. The number of hydrogen-bond acceptors (Lipinski definition) is 5. The van der Waals surface area contributed by atoms with Crippen molar-refractivity contribution in [3.63, 3.8) is 0 Å². The first kappa shape index (κ1) is 16.6. The van der Waals surface area contributed by atoms with Crippen LogP contribution in [0, 0.1) is 0 Å². The summed E-state index contributed by atoms with van der Waals surface area (Å²) in [4.78, 5) is 13.9. The number of rotatable bonds is 7. The van der Waals surface area contributed by atoms with Crippen LogP contribution in [0.2, 0.25) is 5.02 Å². The Morgan fingerprint density at radius 2 is 2.10 bits per heavy atom. The fourth-order valence-electron chi connectivity index (χ4n) is 2.03. The van der Waals surface area contributed by atoms with E-state index in [0.717, 1.165) is 6.42 Å². The number of nitrogens with two attached hydrogens (primary N) is 1. The summed E-state index contributed by atoms with van der Waals surface area (Å²) in [5, 5.41) is 9.56. The normalized spacial score (nSPS) is 10.4. The SMILES string of the molecule is CCCN(CCO)c1c(Cl)cc(N)cc1C(=O)OCC. The molecule has 0 heterocycles. The van der Waals surface area contributed by atoms with Gasteiger partial charge in [0.25, 0.3) is 0 Å². The topological polar surface area (TPSA) is 75.8 Å². The number of nitrogen functional groups attached to an aromatic ring is 1. The molecule has 5 nitrogen and oxygen atoms in total. The number of esters is 1. The number of anilines is 2. The number of carbonyl (C=O) groups excluding carboxylic acids is 1. The number of benzene rings is 1. The molecule has 1 aromatic carbocycles. The van der Waals surface area contributed by atoms with Crippen molar-refractivity contribution in [1.82, 2.24) is 0 Å². The second-order valence-electron chi connectivity index (χ2n) is 4.33. The Kier molecular flexibility index (Phi) is 6.61. The Hall–Kier alpha value is -1.46. The maximum atomic E-state index is 12.1. The number of nitrogens with zero attached hydrogens (tertiary/aromatic N) is 1. The lowest BCUT2D eigenvalue weighted by atomic mass is 10.1. The van der Waals surface area contributed by atoms with Crippen molar-refractivity contribution in [3.8, 4) is 0 Å². The van der Waals surface area contributed by atoms with Crippen molar-refractivity contribution in [3.05, 3.63) is 22.7 Å². The Balaban J connectivity index is 3.29. The molecule has 0 atom stereocenters. The minimum Gasteiger partial charge on any atom is -0.462 e. The van der Waals surface area contributed by atoms with Gasteiger partial charge in [-0.15, -0.1) is 0 Å². The average molecular weight is 301 g/mol. The molecule has 20 heavy (non-hydrogen) atoms. The molecule has 0 aromatic heterocycles. The van der Waals surface area contributed by atoms with Crippen molar-refractivity contribution in [2.75, 3.05) is 36.9 Å². The Bertz CT molecular complexity index is 460. The van der Waals surface area contributed by atoms with Gasteiger partial charge in [0.1, 0.15) is 0 Å². The molecule has 0 radical (unpaired) electrons. The quantitative estimate of drug-likeness (QED) is 0.597. The van der Waals surface area contributed by atoms with E-state index in [0.29, 0.717) is 35.1 Å². The molecule has 0 fully saturated rings. The lowest BCUT2D eigenvalue weighted by molar-refractivity contribution is 0.0527. The van der Waals surface area contributed by atoms with E-state index in [1.807, 2.05) is 11.8 Å². The van der Waals surface area contributed by atoms with E-state index in [2.05, 4.69) is 0 Å². The zero-order valence-corrected chi connectivity index (χ0v) is 12.6. The van der Waals surface area contributed by atoms with E-state index in [9.17, 15) is 9.90 Å². The molecule has 0 aliphatic heterocycles. The van der Waals surface area contributed by atoms with Gasteiger partial charge in [0.05, 0.1) is 29.5 Å². The summed E-state index contributed by atoms with van der Waals surface area (Å²) in [6, 6.07) is 3.15. The van der Waals surface area contributed by atoms with Gasteiger partial charge in [-0.1, -0.05) is 18.5 Å². The van der Waals surface area contributed by atoms with Crippen LogP contribution >= 0.6 is 11.6 Å². The second kappa shape index (κ2) is 7.97. The number of aliphatic hydroxyl groups is 1. The number of carbonyl (C=O) groups is 1. The predicted molar refractivity (Wildman–Crippen MR) is 81.4 cm³/mol. The number of hydrogen-bond donors (Lipinski definition) is 2. The van der Waals surface area contributed by atoms with E-state index in [4.69, 9.17) is 22.1 Å². The summed E-state index contributed by atoms with van der Waals surface area (Å²) in [5.74, 6) is -0.462. The molecule has 0 saturated heterocycles. The first-order valence-electron chi connectivity index (χ1n) is 6.67. The van der Waals surface area contributed by atoms with Gasteiger partial charge in [0.2, 0.25) is 0 Å². The maximum Gasteiger partial charge on any atom is 0.340 e. The van der Waals surface area contributed by atoms with E-state index < -0.39 is 5.97 Å². The number of ether oxygens (including phenoxy) is 1. The van der Waals surface area contributed by atoms with Crippen molar-refractivity contribution < 1.29 is 14.6 Å². The smallest absolute Gasteiger partial charge is 0.340 e. The van der Waals surface area contributed by atoms with E-state index in [1.165, 1.54) is 0 Å². The lowest BCUT2D eigenvalue weighted by Gasteiger charge is -2.26. The minimum absolute atomic E-state index is 0.0248. The fraction of sp³-hybridized carbons (Fsp3) is 0.500. The molecule has 0 bridgehead atoms. The van der Waals surface area contributed by atoms with Gasteiger partial charge in [-0.25, -0.2) is 4.79 Å². The third-order valence-electron chi connectivity index (χ3n) is 2.76. The Morgan fingerprint density at radius 3 is 2.65 bits per heavy atom. The molecular formula is C14H21ClN2O3. The van der Waals surface area contributed by atoms with Gasteiger partial charge in [0.15, 0.2) is 0 Å². The molecule has 3 N–H and O–H groups in total. The maximum absolute atomic E-state index is 12.1. The Labute approximate surface area is 124 Å². The van der Waals surface area contributed by atoms with Crippen LogP contribution in [0.5, 0.6) is 0 Å². The van der Waals surface area contributed by atoms with Crippen molar-refractivity contribution in [2.45, 2.75) is 20.3 Å². The number of halogens is 1. The minimum atomic E-state index is -0.462. The zero-order chi connectivity index (χ0) is 15.1. The van der Waals surface area contributed by atoms with Crippen LogP contribution in [0.4, 0.5) is 11.4 Å². The third-order valence-corrected chi connectivity index (χ3v) is 3.05. The molecule has 0 unspecified atom stereocenters. The largest absolute Gasteiger partial charge is 0.462 e. The first-order valence-corrected chi connectivity index (χ1v) is 7.04. The average Bonchev–Trinajstić information content (AvgIpc) is 2.38. The van der Waals surface area contributed by atoms with Crippen molar-refractivity contribution in [2.24, 2.45) is 0 Å². The van der Waals surface area contributed by atoms with E-state index >= 15 is 0 Å². The number of aliphatic hydroxyl groups excluding tert-OH is 1. The highest BCUT2D eigenvalue weighted by molar-refractivity contribution is 6.34. The summed E-state index contributed by atoms with van der Waals surface area (Å²) < 4.78 is 5.04. The first-order chi connectivity index (χ1) is 9.54. The molecule has 0 saturated carbocycles. The summed E-state index contributed by atoms with van der Waals surface area (Å²) in [7, 11) is 0. The van der Waals surface area contributed by atoms with Crippen LogP contribution in [-0.2, 0) is 4.74 Å². The highest BCUT2D eigenvalue weighted by atomic mass is 35.5. The summed E-state index contributed by atoms with van der Waals surface area (Å²) >= 11 is 6.23. The highest BCUT2D eigenvalue weighted by Gasteiger charge is 2.21. The van der Waals surface area contributed by atoms with Crippen molar-refractivity contribution >= 4 is 28.9 Å². The van der Waals surface area contributed by atoms with Gasteiger partial charge in [-0.05, 0) is 25.5 Å². The molecule has 0 aliphatic carbocycles. The van der Waals surface area contributed by atoms with Gasteiger partial charge in [-0.2, -0.15) is 0 Å².